The van der Waals surface area contributed by atoms with Gasteiger partial charge in [0.2, 0.25) is 0 Å². The molecule has 0 saturated carbocycles. The van der Waals surface area contributed by atoms with E-state index in [0.29, 0.717) is 24.2 Å². The smallest absolute Gasteiger partial charge is 0.342 e. The Morgan fingerprint density at radius 3 is 2.94 bits per heavy atom. The summed E-state index contributed by atoms with van der Waals surface area (Å²) < 4.78 is 1.33. The molecule has 17 heavy (non-hydrogen) atoms. The van der Waals surface area contributed by atoms with Crippen LogP contribution in [0.1, 0.15) is 42.0 Å². The first kappa shape index (κ1) is 11.4. The highest BCUT2D eigenvalue weighted by molar-refractivity contribution is 5.86. The molecule has 1 unspecified atom stereocenters. The molecule has 2 rings (SSSR count). The van der Waals surface area contributed by atoms with E-state index in [-0.39, 0.29) is 11.6 Å². The normalized spacial score (nSPS) is 21.2. The largest absolute Gasteiger partial charge is 0.515 e. The molecule has 1 aliphatic rings. The molecule has 1 aromatic rings. The van der Waals surface area contributed by atoms with E-state index in [0.717, 1.165) is 12.5 Å². The molecule has 0 aliphatic carbocycles. The van der Waals surface area contributed by atoms with Gasteiger partial charge in [0.05, 0.1) is 6.26 Å². The molecular formula is C11H12N2O4. The van der Waals surface area contributed by atoms with Crippen LogP contribution in [0.2, 0.25) is 0 Å². The van der Waals surface area contributed by atoms with Crippen LogP contribution in [-0.2, 0) is 0 Å². The van der Waals surface area contributed by atoms with Crippen molar-refractivity contribution in [2.45, 2.75) is 25.8 Å². The summed E-state index contributed by atoms with van der Waals surface area (Å²) in [4.78, 5) is 26.8. The number of aliphatic hydroxyl groups is 1. The summed E-state index contributed by atoms with van der Waals surface area (Å²) in [5.41, 5.74) is -0.369. The van der Waals surface area contributed by atoms with E-state index in [2.05, 4.69) is 4.98 Å². The highest BCUT2D eigenvalue weighted by atomic mass is 16.4. The molecule has 0 amide bonds. The van der Waals surface area contributed by atoms with Crippen molar-refractivity contribution in [3.05, 3.63) is 34.2 Å². The Bertz CT molecular complexity index is 559. The first-order valence-corrected chi connectivity index (χ1v) is 5.24. The monoisotopic (exact) mass is 236 g/mol. The van der Waals surface area contributed by atoms with Crippen LogP contribution in [0.25, 0.3) is 5.57 Å². The fourth-order valence-electron chi connectivity index (χ4n) is 1.99. The van der Waals surface area contributed by atoms with Gasteiger partial charge in [-0.05, 0) is 19.8 Å². The second-order valence-corrected chi connectivity index (χ2v) is 4.02. The van der Waals surface area contributed by atoms with Crippen molar-refractivity contribution in [2.24, 2.45) is 0 Å². The molecule has 1 atom stereocenters. The number of hydrogen-bond donors (Lipinski definition) is 2. The van der Waals surface area contributed by atoms with Crippen molar-refractivity contribution in [3.8, 4) is 0 Å². The van der Waals surface area contributed by atoms with Gasteiger partial charge < -0.3 is 10.2 Å². The van der Waals surface area contributed by atoms with Crippen LogP contribution in [-0.4, -0.2) is 25.7 Å². The van der Waals surface area contributed by atoms with Crippen LogP contribution in [0.3, 0.4) is 0 Å². The third-order valence-corrected chi connectivity index (χ3v) is 2.94. The van der Waals surface area contributed by atoms with Crippen molar-refractivity contribution < 1.29 is 15.0 Å². The first-order chi connectivity index (χ1) is 8.06. The average Bonchev–Trinajstić information content (AvgIpc) is 2.29. The summed E-state index contributed by atoms with van der Waals surface area (Å²) in [6.45, 7) is 1.83. The predicted octanol–water partition coefficient (Wildman–Crippen LogP) is 1.20. The second kappa shape index (κ2) is 4.04. The van der Waals surface area contributed by atoms with Crippen LogP contribution < -0.4 is 5.56 Å². The second-order valence-electron chi connectivity index (χ2n) is 4.02. The molecule has 0 fully saturated rings. The van der Waals surface area contributed by atoms with E-state index in [9.17, 15) is 9.59 Å². The lowest BCUT2D eigenvalue weighted by molar-refractivity contribution is 0.0693. The van der Waals surface area contributed by atoms with Crippen molar-refractivity contribution in [2.75, 3.05) is 0 Å². The third-order valence-electron chi connectivity index (χ3n) is 2.94. The summed E-state index contributed by atoms with van der Waals surface area (Å²) in [7, 11) is 0. The van der Waals surface area contributed by atoms with E-state index in [4.69, 9.17) is 10.2 Å². The van der Waals surface area contributed by atoms with Gasteiger partial charge in [0.25, 0.3) is 5.56 Å². The summed E-state index contributed by atoms with van der Waals surface area (Å²) in [6, 6.07) is -0.118. The highest BCUT2D eigenvalue weighted by Gasteiger charge is 2.25. The number of carbonyl (C=O) groups is 1. The Labute approximate surface area is 96.9 Å². The zero-order valence-corrected chi connectivity index (χ0v) is 9.25. The molecule has 6 heteroatoms. The minimum atomic E-state index is -1.29. The molecule has 90 valence electrons. The van der Waals surface area contributed by atoms with Crippen LogP contribution in [0, 0.1) is 0 Å². The third kappa shape index (κ3) is 1.71. The Hall–Kier alpha value is -2.11. The number of allylic oxidation sites excluding steroid dienone is 1. The number of aliphatic hydroxyl groups excluding tert-OH is 1. The molecule has 2 heterocycles. The van der Waals surface area contributed by atoms with Gasteiger partial charge in [-0.15, -0.1) is 0 Å². The molecule has 0 spiro atoms. The highest BCUT2D eigenvalue weighted by Crippen LogP contribution is 2.29. The zero-order valence-electron chi connectivity index (χ0n) is 9.25. The Morgan fingerprint density at radius 1 is 1.65 bits per heavy atom. The van der Waals surface area contributed by atoms with Gasteiger partial charge >= 0.3 is 5.97 Å². The number of aromatic nitrogens is 2. The van der Waals surface area contributed by atoms with Crippen LogP contribution in [0.5, 0.6) is 0 Å². The molecule has 0 saturated heterocycles. The van der Waals surface area contributed by atoms with Crippen LogP contribution in [0.15, 0.2) is 17.3 Å². The van der Waals surface area contributed by atoms with Gasteiger partial charge in [0.15, 0.2) is 0 Å². The Balaban J connectivity index is 2.73. The van der Waals surface area contributed by atoms with E-state index < -0.39 is 11.5 Å². The fourth-order valence-corrected chi connectivity index (χ4v) is 1.99. The molecule has 0 aromatic carbocycles. The van der Waals surface area contributed by atoms with Gasteiger partial charge in [0, 0.05) is 17.8 Å². The molecule has 2 N–H and O–H groups in total. The van der Waals surface area contributed by atoms with Gasteiger partial charge in [0.1, 0.15) is 11.4 Å². The van der Waals surface area contributed by atoms with Gasteiger partial charge in [-0.2, -0.15) is 0 Å². The first-order valence-electron chi connectivity index (χ1n) is 5.24. The van der Waals surface area contributed by atoms with Crippen molar-refractivity contribution in [1.82, 2.24) is 9.55 Å². The number of nitrogens with zero attached hydrogens (tertiary/aromatic N) is 2. The predicted molar refractivity (Wildman–Crippen MR) is 60.0 cm³/mol. The fraction of sp³-hybridized carbons (Fsp3) is 0.364. The summed E-state index contributed by atoms with van der Waals surface area (Å²) in [6.07, 6.45) is 3.25. The van der Waals surface area contributed by atoms with E-state index in [1.807, 2.05) is 6.92 Å². The molecular weight excluding hydrogens is 224 g/mol. The lowest BCUT2D eigenvalue weighted by Gasteiger charge is -2.25. The quantitative estimate of drug-likeness (QED) is 0.714. The van der Waals surface area contributed by atoms with Crippen LogP contribution >= 0.6 is 0 Å². The number of carboxylic acid groups (broad SMARTS) is 1. The summed E-state index contributed by atoms with van der Waals surface area (Å²) in [5.74, 6) is -0.939. The van der Waals surface area contributed by atoms with Crippen molar-refractivity contribution in [1.29, 1.82) is 0 Å². The lowest BCUT2D eigenvalue weighted by Crippen LogP contribution is -2.34. The number of aromatic carboxylic acids is 1. The summed E-state index contributed by atoms with van der Waals surface area (Å²) in [5, 5.41) is 17.9. The van der Waals surface area contributed by atoms with Crippen LogP contribution in [0.4, 0.5) is 0 Å². The maximum Gasteiger partial charge on any atom is 0.342 e. The number of rotatable bonds is 1. The molecule has 1 aliphatic heterocycles. The van der Waals surface area contributed by atoms with E-state index in [1.165, 1.54) is 4.57 Å². The maximum absolute atomic E-state index is 12.0. The topological polar surface area (TPSA) is 92.4 Å². The van der Waals surface area contributed by atoms with E-state index >= 15 is 0 Å². The zero-order chi connectivity index (χ0) is 12.6. The maximum atomic E-state index is 12.0. The lowest BCUT2D eigenvalue weighted by atomic mass is 10.0. The molecule has 0 bridgehead atoms. The van der Waals surface area contributed by atoms with Crippen molar-refractivity contribution in [3.63, 3.8) is 0 Å². The van der Waals surface area contributed by atoms with Gasteiger partial charge in [-0.1, -0.05) is 0 Å². The van der Waals surface area contributed by atoms with E-state index in [1.54, 1.807) is 0 Å². The number of fused-ring (bicyclic) bond motifs is 1. The number of hydrogen-bond acceptors (Lipinski definition) is 4. The Morgan fingerprint density at radius 2 is 2.35 bits per heavy atom. The Kier molecular flexibility index (Phi) is 2.71. The molecule has 6 nitrogen and oxygen atoms in total. The van der Waals surface area contributed by atoms with Gasteiger partial charge in [-0.25, -0.2) is 9.78 Å². The summed E-state index contributed by atoms with van der Waals surface area (Å²) >= 11 is 0. The SMILES string of the molecule is CC1CC/C(=C/O)c2ncc(C(=O)O)c(=O)n21. The van der Waals surface area contributed by atoms with Gasteiger partial charge in [-0.3, -0.25) is 9.36 Å². The molecule has 0 radical (unpaired) electrons. The minimum Gasteiger partial charge on any atom is -0.515 e. The average molecular weight is 236 g/mol. The standard InChI is InChI=1S/C11H12N2O4/c1-6-2-3-7(5-14)9-12-4-8(11(16)17)10(15)13(6)9/h4-6,14H,2-3H2,1H3,(H,16,17)/b7-5-. The molecule has 1 aromatic heterocycles. The minimum absolute atomic E-state index is 0.118. The van der Waals surface area contributed by atoms with Crippen molar-refractivity contribution >= 4 is 11.5 Å². The number of carboxylic acids is 1.